The van der Waals surface area contributed by atoms with E-state index in [1.54, 1.807) is 12.1 Å². The fourth-order valence-electron chi connectivity index (χ4n) is 3.45. The van der Waals surface area contributed by atoms with E-state index in [9.17, 15) is 19.2 Å². The van der Waals surface area contributed by atoms with Gasteiger partial charge in [-0.1, -0.05) is 6.07 Å². The zero-order valence-electron chi connectivity index (χ0n) is 15.1. The van der Waals surface area contributed by atoms with Crippen LogP contribution in [0.15, 0.2) is 57.9 Å². The van der Waals surface area contributed by atoms with Gasteiger partial charge in [0.25, 0.3) is 11.5 Å². The molecule has 2 heterocycles. The molecule has 1 aliphatic rings. The Hall–Kier alpha value is -3.94. The third kappa shape index (κ3) is 3.60. The second-order valence-corrected chi connectivity index (χ2v) is 6.79. The highest BCUT2D eigenvalue weighted by atomic mass is 16.4. The fraction of sp³-hybridized carbons (Fsp3) is 0.143. The van der Waals surface area contributed by atoms with E-state index in [0.29, 0.717) is 23.4 Å². The quantitative estimate of drug-likeness (QED) is 0.626. The van der Waals surface area contributed by atoms with Gasteiger partial charge in [-0.25, -0.2) is 4.79 Å². The fourth-order valence-corrected chi connectivity index (χ4v) is 3.45. The lowest BCUT2D eigenvalue weighted by Gasteiger charge is -2.22. The number of pyridine rings is 1. The summed E-state index contributed by atoms with van der Waals surface area (Å²) in [5.41, 5.74) is 0.171. The Labute approximate surface area is 164 Å². The van der Waals surface area contributed by atoms with Crippen LogP contribution < -0.4 is 10.9 Å². The van der Waals surface area contributed by atoms with E-state index in [2.05, 4.69) is 10.3 Å². The number of aromatic carboxylic acids is 1. The molecule has 1 amide bonds. The number of aromatic amines is 1. The maximum Gasteiger partial charge on any atom is 0.335 e. The summed E-state index contributed by atoms with van der Waals surface area (Å²) in [5, 5.41) is 11.5. The van der Waals surface area contributed by atoms with Crippen molar-refractivity contribution in [3.63, 3.8) is 0 Å². The summed E-state index contributed by atoms with van der Waals surface area (Å²) in [6.45, 7) is 0. The van der Waals surface area contributed by atoms with Crippen LogP contribution in [0.25, 0.3) is 0 Å². The average molecular weight is 392 g/mol. The molecule has 0 spiro atoms. The van der Waals surface area contributed by atoms with E-state index in [-0.39, 0.29) is 34.9 Å². The molecule has 8 nitrogen and oxygen atoms in total. The van der Waals surface area contributed by atoms with Crippen molar-refractivity contribution in [3.05, 3.63) is 87.2 Å². The van der Waals surface area contributed by atoms with Gasteiger partial charge in [0.05, 0.1) is 11.8 Å². The number of H-pyrrole nitrogens is 1. The van der Waals surface area contributed by atoms with Crippen LogP contribution in [0.4, 0.5) is 5.69 Å². The smallest absolute Gasteiger partial charge is 0.335 e. The molecule has 1 unspecified atom stereocenters. The molecule has 0 radical (unpaired) electrons. The molecular formula is C21H16N2O6. The van der Waals surface area contributed by atoms with Crippen LogP contribution in [0, 0.1) is 0 Å². The summed E-state index contributed by atoms with van der Waals surface area (Å²) in [5.74, 6) is -1.54. The highest BCUT2D eigenvalue weighted by Gasteiger charge is 2.30. The monoisotopic (exact) mass is 392 g/mol. The molecule has 0 saturated carbocycles. The number of amides is 1. The van der Waals surface area contributed by atoms with Crippen LogP contribution in [-0.2, 0) is 6.42 Å². The van der Waals surface area contributed by atoms with Gasteiger partial charge >= 0.3 is 5.97 Å². The SMILES string of the molecule is O=C(O)c1cccc(NC(=O)c2cc3c([nH]c2=O)CC(c2ccco2)CC3=O)c1. The first-order valence-corrected chi connectivity index (χ1v) is 8.90. The number of carboxylic acids is 1. The lowest BCUT2D eigenvalue weighted by atomic mass is 9.84. The molecule has 0 saturated heterocycles. The lowest BCUT2D eigenvalue weighted by Crippen LogP contribution is -2.29. The molecule has 0 aliphatic heterocycles. The highest BCUT2D eigenvalue weighted by Crippen LogP contribution is 2.31. The van der Waals surface area contributed by atoms with Crippen LogP contribution in [0.2, 0.25) is 0 Å². The standard InChI is InChI=1S/C21H16N2O6/c24-17-9-12(18-5-2-6-29-18)8-16-14(17)10-15(20(26)23-16)19(25)22-13-4-1-3-11(7-13)21(27)28/h1-7,10,12H,8-9H2,(H,22,25)(H,23,26)(H,27,28). The van der Waals surface area contributed by atoms with Crippen molar-refractivity contribution in [1.29, 1.82) is 0 Å². The molecule has 8 heteroatoms. The number of nitrogens with one attached hydrogen (secondary N) is 2. The molecule has 4 rings (SSSR count). The zero-order chi connectivity index (χ0) is 20.5. The number of carboxylic acid groups (broad SMARTS) is 1. The number of carbonyl (C=O) groups is 3. The van der Waals surface area contributed by atoms with Crippen molar-refractivity contribution in [2.45, 2.75) is 18.8 Å². The molecule has 0 bridgehead atoms. The largest absolute Gasteiger partial charge is 0.478 e. The predicted octanol–water partition coefficient (Wildman–Crippen LogP) is 2.83. The number of carbonyl (C=O) groups excluding carboxylic acids is 2. The summed E-state index contributed by atoms with van der Waals surface area (Å²) < 4.78 is 5.37. The first-order valence-electron chi connectivity index (χ1n) is 8.90. The number of Topliss-reactive ketones (excluding diaryl/α,β-unsaturated/α-hetero) is 1. The van der Waals surface area contributed by atoms with E-state index < -0.39 is 17.4 Å². The Kier molecular flexibility index (Phi) is 4.59. The van der Waals surface area contributed by atoms with Crippen molar-refractivity contribution in [2.24, 2.45) is 0 Å². The molecule has 1 aromatic carbocycles. The van der Waals surface area contributed by atoms with Gasteiger partial charge in [0.15, 0.2) is 5.78 Å². The van der Waals surface area contributed by atoms with Gasteiger partial charge in [0.2, 0.25) is 0 Å². The third-order valence-corrected chi connectivity index (χ3v) is 4.86. The van der Waals surface area contributed by atoms with Gasteiger partial charge in [-0.15, -0.1) is 0 Å². The molecule has 3 aromatic rings. The number of furan rings is 1. The van der Waals surface area contributed by atoms with E-state index in [0.717, 1.165) is 0 Å². The Morgan fingerprint density at radius 2 is 1.93 bits per heavy atom. The molecule has 0 fully saturated rings. The molecule has 146 valence electrons. The van der Waals surface area contributed by atoms with Crippen molar-refractivity contribution in [2.75, 3.05) is 5.32 Å². The molecule has 1 atom stereocenters. The van der Waals surface area contributed by atoms with Gasteiger partial charge in [0.1, 0.15) is 11.3 Å². The van der Waals surface area contributed by atoms with Gasteiger partial charge in [-0.05, 0) is 42.8 Å². The summed E-state index contributed by atoms with van der Waals surface area (Å²) in [7, 11) is 0. The number of ketones is 1. The number of fused-ring (bicyclic) bond motifs is 1. The highest BCUT2D eigenvalue weighted by molar-refractivity contribution is 6.07. The predicted molar refractivity (Wildman–Crippen MR) is 103 cm³/mol. The first-order chi connectivity index (χ1) is 13.9. The van der Waals surface area contributed by atoms with E-state index in [4.69, 9.17) is 9.52 Å². The molecule has 29 heavy (non-hydrogen) atoms. The minimum atomic E-state index is -1.13. The molecule has 2 aromatic heterocycles. The van der Waals surface area contributed by atoms with Gasteiger partial charge in [-0.2, -0.15) is 0 Å². The first kappa shape index (κ1) is 18.4. The number of benzene rings is 1. The second-order valence-electron chi connectivity index (χ2n) is 6.79. The number of aromatic nitrogens is 1. The van der Waals surface area contributed by atoms with E-state index in [1.165, 1.54) is 36.6 Å². The number of hydrogen-bond acceptors (Lipinski definition) is 5. The van der Waals surface area contributed by atoms with Crippen LogP contribution in [0.5, 0.6) is 0 Å². The van der Waals surface area contributed by atoms with Crippen LogP contribution in [-0.4, -0.2) is 27.8 Å². The van der Waals surface area contributed by atoms with Crippen molar-refractivity contribution >= 4 is 23.3 Å². The van der Waals surface area contributed by atoms with Crippen LogP contribution in [0.1, 0.15) is 54.9 Å². The summed E-state index contributed by atoms with van der Waals surface area (Å²) >= 11 is 0. The number of hydrogen-bond donors (Lipinski definition) is 3. The van der Waals surface area contributed by atoms with E-state index in [1.807, 2.05) is 0 Å². The lowest BCUT2D eigenvalue weighted by molar-refractivity contribution is 0.0696. The maximum absolute atomic E-state index is 12.6. The molecular weight excluding hydrogens is 376 g/mol. The summed E-state index contributed by atoms with van der Waals surface area (Å²) in [4.78, 5) is 51.3. The Morgan fingerprint density at radius 3 is 2.66 bits per heavy atom. The average Bonchev–Trinajstić information content (AvgIpc) is 3.22. The van der Waals surface area contributed by atoms with Gasteiger partial charge < -0.3 is 19.8 Å². The van der Waals surface area contributed by atoms with Crippen LogP contribution in [0.3, 0.4) is 0 Å². The zero-order valence-corrected chi connectivity index (χ0v) is 15.1. The second kappa shape index (κ2) is 7.23. The van der Waals surface area contributed by atoms with Crippen molar-refractivity contribution < 1.29 is 23.9 Å². The molecule has 3 N–H and O–H groups in total. The third-order valence-electron chi connectivity index (χ3n) is 4.86. The minimum Gasteiger partial charge on any atom is -0.478 e. The van der Waals surface area contributed by atoms with Crippen molar-refractivity contribution in [3.8, 4) is 0 Å². The minimum absolute atomic E-state index is 0.00120. The van der Waals surface area contributed by atoms with Crippen LogP contribution >= 0.6 is 0 Å². The number of anilines is 1. The topological polar surface area (TPSA) is 129 Å². The summed E-state index contributed by atoms with van der Waals surface area (Å²) in [6.07, 6.45) is 2.17. The summed E-state index contributed by atoms with van der Waals surface area (Å²) in [6, 6.07) is 10.5. The normalized spacial score (nSPS) is 15.6. The van der Waals surface area contributed by atoms with Crippen molar-refractivity contribution in [1.82, 2.24) is 4.98 Å². The Bertz CT molecular complexity index is 1180. The Morgan fingerprint density at radius 1 is 1.10 bits per heavy atom. The van der Waals surface area contributed by atoms with Gasteiger partial charge in [0, 0.05) is 29.3 Å². The van der Waals surface area contributed by atoms with E-state index >= 15 is 0 Å². The Balaban J connectivity index is 1.62. The van der Waals surface area contributed by atoms with Gasteiger partial charge in [-0.3, -0.25) is 14.4 Å². The number of rotatable bonds is 4. The molecule has 1 aliphatic carbocycles. The maximum atomic E-state index is 12.6.